The number of carboxylic acid groups (broad SMARTS) is 1. The number of imidazole rings is 1. The summed E-state index contributed by atoms with van der Waals surface area (Å²) in [5.41, 5.74) is 0.230. The summed E-state index contributed by atoms with van der Waals surface area (Å²) in [5.74, 6) is 0.609. The Hall–Kier alpha value is -2.34. The first-order valence-corrected chi connectivity index (χ1v) is 6.67. The molecule has 0 bridgehead atoms. The van der Waals surface area contributed by atoms with Gasteiger partial charge in [0.05, 0.1) is 12.1 Å². The van der Waals surface area contributed by atoms with Gasteiger partial charge in [0, 0.05) is 26.0 Å². The zero-order valence-corrected chi connectivity index (χ0v) is 12.2. The molecule has 0 atom stereocenters. The molecule has 6 heteroatoms. The Labute approximate surface area is 123 Å². The summed E-state index contributed by atoms with van der Waals surface area (Å²) in [6.07, 6.45) is 3.69. The number of benzene rings is 1. The monoisotopic (exact) mass is 289 g/mol. The molecule has 0 amide bonds. The fourth-order valence-electron chi connectivity index (χ4n) is 1.91. The maximum absolute atomic E-state index is 10.9. The number of rotatable bonds is 7. The topological polar surface area (TPSA) is 67.6 Å². The maximum Gasteiger partial charge on any atom is 0.335 e. The summed E-state index contributed by atoms with van der Waals surface area (Å²) in [6.45, 7) is 1.95. The van der Waals surface area contributed by atoms with Gasteiger partial charge in [-0.1, -0.05) is 6.07 Å². The zero-order chi connectivity index (χ0) is 15.2. The number of carbonyl (C=O) groups is 1. The van der Waals surface area contributed by atoms with E-state index >= 15 is 0 Å². The molecule has 0 aliphatic rings. The van der Waals surface area contributed by atoms with Crippen molar-refractivity contribution < 1.29 is 14.6 Å². The van der Waals surface area contributed by atoms with Gasteiger partial charge in [0.1, 0.15) is 18.2 Å². The average molecular weight is 289 g/mol. The van der Waals surface area contributed by atoms with Gasteiger partial charge in [-0.15, -0.1) is 0 Å². The molecule has 0 spiro atoms. The van der Waals surface area contributed by atoms with Gasteiger partial charge in [0.2, 0.25) is 0 Å². The van der Waals surface area contributed by atoms with E-state index in [1.54, 1.807) is 24.4 Å². The van der Waals surface area contributed by atoms with Crippen LogP contribution in [0.1, 0.15) is 16.2 Å². The van der Waals surface area contributed by atoms with Crippen LogP contribution in [0.4, 0.5) is 0 Å². The molecule has 1 aromatic heterocycles. The average Bonchev–Trinajstić information content (AvgIpc) is 2.84. The van der Waals surface area contributed by atoms with Crippen LogP contribution in [-0.2, 0) is 13.6 Å². The summed E-state index contributed by atoms with van der Waals surface area (Å²) < 4.78 is 7.56. The first-order valence-electron chi connectivity index (χ1n) is 6.67. The summed E-state index contributed by atoms with van der Waals surface area (Å²) in [5, 5.41) is 8.92. The predicted octanol–water partition coefficient (Wildman–Crippen LogP) is 1.63. The Kier molecular flexibility index (Phi) is 4.94. The Morgan fingerprint density at radius 2 is 2.29 bits per heavy atom. The Morgan fingerprint density at radius 3 is 2.95 bits per heavy atom. The molecule has 0 unspecified atom stereocenters. The number of aromatic nitrogens is 2. The second-order valence-corrected chi connectivity index (χ2v) is 4.87. The van der Waals surface area contributed by atoms with Gasteiger partial charge in [0.15, 0.2) is 0 Å². The highest BCUT2D eigenvalue weighted by molar-refractivity contribution is 5.87. The molecule has 6 nitrogen and oxygen atoms in total. The van der Waals surface area contributed by atoms with Crippen LogP contribution in [0.15, 0.2) is 36.7 Å². The first kappa shape index (κ1) is 15.1. The third-order valence-electron chi connectivity index (χ3n) is 3.16. The van der Waals surface area contributed by atoms with E-state index in [4.69, 9.17) is 9.84 Å². The van der Waals surface area contributed by atoms with E-state index in [1.807, 2.05) is 24.9 Å². The van der Waals surface area contributed by atoms with Gasteiger partial charge in [-0.3, -0.25) is 4.90 Å². The minimum Gasteiger partial charge on any atom is -0.492 e. The van der Waals surface area contributed by atoms with Crippen molar-refractivity contribution in [2.24, 2.45) is 7.05 Å². The Morgan fingerprint density at radius 1 is 1.48 bits per heavy atom. The Bertz CT molecular complexity index is 610. The number of aromatic carboxylic acids is 1. The molecule has 2 rings (SSSR count). The zero-order valence-electron chi connectivity index (χ0n) is 12.2. The number of ether oxygens (including phenoxy) is 1. The van der Waals surface area contributed by atoms with Crippen molar-refractivity contribution in [3.05, 3.63) is 48.0 Å². The van der Waals surface area contributed by atoms with E-state index in [1.165, 1.54) is 6.07 Å². The fraction of sp³-hybridized carbons (Fsp3) is 0.333. The fourth-order valence-corrected chi connectivity index (χ4v) is 1.91. The second-order valence-electron chi connectivity index (χ2n) is 4.87. The van der Waals surface area contributed by atoms with Gasteiger partial charge >= 0.3 is 5.97 Å². The number of hydrogen-bond acceptors (Lipinski definition) is 4. The standard InChI is InChI=1S/C15H19N3O3/c1-17(11-14-16-6-7-18(14)2)8-9-21-13-5-3-4-12(10-13)15(19)20/h3-7,10H,8-9,11H2,1-2H3,(H,19,20). The van der Waals surface area contributed by atoms with E-state index in [0.29, 0.717) is 12.4 Å². The van der Waals surface area contributed by atoms with Crippen LogP contribution < -0.4 is 4.74 Å². The third-order valence-corrected chi connectivity index (χ3v) is 3.16. The molecule has 0 aliphatic heterocycles. The van der Waals surface area contributed by atoms with E-state index in [-0.39, 0.29) is 5.56 Å². The lowest BCUT2D eigenvalue weighted by molar-refractivity contribution is 0.0696. The first-order chi connectivity index (χ1) is 10.1. The maximum atomic E-state index is 10.9. The smallest absolute Gasteiger partial charge is 0.335 e. The molecule has 0 saturated heterocycles. The SMILES string of the molecule is CN(CCOc1cccc(C(=O)O)c1)Cc1nccn1C. The summed E-state index contributed by atoms with van der Waals surface area (Å²) in [4.78, 5) is 17.2. The van der Waals surface area contributed by atoms with Gasteiger partial charge < -0.3 is 14.4 Å². The van der Waals surface area contributed by atoms with Gasteiger partial charge in [-0.25, -0.2) is 9.78 Å². The highest BCUT2D eigenvalue weighted by Crippen LogP contribution is 2.13. The molecule has 0 fully saturated rings. The van der Waals surface area contributed by atoms with Crippen LogP contribution in [0.5, 0.6) is 5.75 Å². The highest BCUT2D eigenvalue weighted by atomic mass is 16.5. The lowest BCUT2D eigenvalue weighted by Crippen LogP contribution is -2.25. The molecular formula is C15H19N3O3. The highest BCUT2D eigenvalue weighted by Gasteiger charge is 2.06. The molecular weight excluding hydrogens is 270 g/mol. The number of nitrogens with zero attached hydrogens (tertiary/aromatic N) is 3. The molecule has 1 aromatic carbocycles. The van der Waals surface area contributed by atoms with Crippen molar-refractivity contribution in [3.8, 4) is 5.75 Å². The van der Waals surface area contributed by atoms with E-state index in [0.717, 1.165) is 18.9 Å². The van der Waals surface area contributed by atoms with Crippen molar-refractivity contribution in [1.29, 1.82) is 0 Å². The van der Waals surface area contributed by atoms with Crippen molar-refractivity contribution in [2.75, 3.05) is 20.2 Å². The lowest BCUT2D eigenvalue weighted by atomic mass is 10.2. The summed E-state index contributed by atoms with van der Waals surface area (Å²) >= 11 is 0. The Balaban J connectivity index is 1.80. The number of hydrogen-bond donors (Lipinski definition) is 1. The molecule has 1 N–H and O–H groups in total. The molecule has 0 radical (unpaired) electrons. The largest absolute Gasteiger partial charge is 0.492 e. The van der Waals surface area contributed by atoms with Crippen LogP contribution >= 0.6 is 0 Å². The molecule has 1 heterocycles. The molecule has 21 heavy (non-hydrogen) atoms. The van der Waals surface area contributed by atoms with E-state index in [2.05, 4.69) is 9.88 Å². The second kappa shape index (κ2) is 6.90. The van der Waals surface area contributed by atoms with Gasteiger partial charge in [-0.2, -0.15) is 0 Å². The number of likely N-dealkylation sites (N-methyl/N-ethyl adjacent to an activating group) is 1. The number of carboxylic acids is 1. The van der Waals surface area contributed by atoms with Crippen molar-refractivity contribution in [3.63, 3.8) is 0 Å². The number of aryl methyl sites for hydroxylation is 1. The van der Waals surface area contributed by atoms with Crippen LogP contribution in [0.3, 0.4) is 0 Å². The molecule has 112 valence electrons. The van der Waals surface area contributed by atoms with Gasteiger partial charge in [-0.05, 0) is 25.2 Å². The summed E-state index contributed by atoms with van der Waals surface area (Å²) in [6, 6.07) is 6.51. The third kappa shape index (κ3) is 4.32. The van der Waals surface area contributed by atoms with Crippen LogP contribution in [-0.4, -0.2) is 45.7 Å². The summed E-state index contributed by atoms with van der Waals surface area (Å²) in [7, 11) is 3.95. The van der Waals surface area contributed by atoms with Crippen molar-refractivity contribution in [1.82, 2.24) is 14.5 Å². The normalized spacial score (nSPS) is 10.8. The quantitative estimate of drug-likeness (QED) is 0.839. The van der Waals surface area contributed by atoms with E-state index in [9.17, 15) is 4.79 Å². The van der Waals surface area contributed by atoms with Crippen molar-refractivity contribution in [2.45, 2.75) is 6.54 Å². The minimum absolute atomic E-state index is 0.230. The van der Waals surface area contributed by atoms with Crippen LogP contribution in [0, 0.1) is 0 Å². The molecule has 0 saturated carbocycles. The van der Waals surface area contributed by atoms with Crippen LogP contribution in [0.25, 0.3) is 0 Å². The lowest BCUT2D eigenvalue weighted by Gasteiger charge is -2.16. The molecule has 2 aromatic rings. The van der Waals surface area contributed by atoms with Gasteiger partial charge in [0.25, 0.3) is 0 Å². The van der Waals surface area contributed by atoms with E-state index < -0.39 is 5.97 Å². The van der Waals surface area contributed by atoms with Crippen LogP contribution in [0.2, 0.25) is 0 Å². The predicted molar refractivity (Wildman–Crippen MR) is 78.4 cm³/mol. The van der Waals surface area contributed by atoms with Crippen molar-refractivity contribution >= 4 is 5.97 Å². The molecule has 0 aliphatic carbocycles. The minimum atomic E-state index is -0.952.